The molecule has 1 fully saturated rings. The summed E-state index contributed by atoms with van der Waals surface area (Å²) in [7, 11) is 0. The molecule has 2 aromatic heterocycles. The molecule has 4 rings (SSSR count). The van der Waals surface area contributed by atoms with Gasteiger partial charge in [0.05, 0.1) is 10.8 Å². The van der Waals surface area contributed by atoms with Gasteiger partial charge < -0.3 is 14.3 Å². The van der Waals surface area contributed by atoms with Gasteiger partial charge in [0.15, 0.2) is 0 Å². The third-order valence-corrected chi connectivity index (χ3v) is 5.87. The largest absolute Gasteiger partial charge is 0.411 e. The van der Waals surface area contributed by atoms with Crippen molar-refractivity contribution in [2.24, 2.45) is 5.92 Å². The van der Waals surface area contributed by atoms with E-state index in [-0.39, 0.29) is 11.2 Å². The van der Waals surface area contributed by atoms with Crippen LogP contribution >= 0.6 is 11.8 Å². The molecule has 3 heterocycles. The van der Waals surface area contributed by atoms with Crippen LogP contribution in [0.5, 0.6) is 0 Å². The number of aromatic nitrogens is 3. The topological polar surface area (TPSA) is 75.0 Å². The summed E-state index contributed by atoms with van der Waals surface area (Å²) in [5.74, 6) is 1.32. The molecule has 0 bridgehead atoms. The van der Waals surface area contributed by atoms with E-state index in [2.05, 4.69) is 22.1 Å². The monoisotopic (exact) mass is 370 g/mol. The first-order valence-electron chi connectivity index (χ1n) is 8.97. The van der Waals surface area contributed by atoms with Crippen LogP contribution in [0.1, 0.15) is 26.7 Å². The minimum absolute atomic E-state index is 0.147. The van der Waals surface area contributed by atoms with Crippen molar-refractivity contribution in [3.05, 3.63) is 30.5 Å². The van der Waals surface area contributed by atoms with Gasteiger partial charge >= 0.3 is 0 Å². The van der Waals surface area contributed by atoms with Crippen molar-refractivity contribution in [1.82, 2.24) is 20.1 Å². The molecule has 1 aliphatic heterocycles. The number of carbonyl (C=O) groups excluding carboxylic acids is 1. The molecule has 3 aromatic rings. The highest BCUT2D eigenvalue weighted by atomic mass is 32.2. The van der Waals surface area contributed by atoms with Crippen molar-refractivity contribution in [2.75, 3.05) is 13.1 Å². The number of benzene rings is 1. The number of fused-ring (bicyclic) bond motifs is 1. The molecule has 1 atom stereocenters. The lowest BCUT2D eigenvalue weighted by molar-refractivity contribution is -0.131. The number of amides is 1. The second-order valence-electron chi connectivity index (χ2n) is 6.89. The number of para-hydroxylation sites is 1. The van der Waals surface area contributed by atoms with Crippen molar-refractivity contribution in [1.29, 1.82) is 0 Å². The number of thioether (sulfide) groups is 1. The normalized spacial score (nSPS) is 16.9. The Kier molecular flexibility index (Phi) is 4.72. The van der Waals surface area contributed by atoms with Crippen molar-refractivity contribution in [2.45, 2.75) is 37.2 Å². The molecule has 1 N–H and O–H groups in total. The van der Waals surface area contributed by atoms with Gasteiger partial charge in [-0.2, -0.15) is 0 Å². The average Bonchev–Trinajstić information content (AvgIpc) is 3.28. The van der Waals surface area contributed by atoms with Crippen LogP contribution in [0.15, 0.2) is 40.1 Å². The molecule has 7 heteroatoms. The fourth-order valence-corrected chi connectivity index (χ4v) is 4.07. The molecular weight excluding hydrogens is 348 g/mol. The van der Waals surface area contributed by atoms with E-state index in [1.165, 1.54) is 11.8 Å². The molecule has 0 spiro atoms. The predicted molar refractivity (Wildman–Crippen MR) is 102 cm³/mol. The lowest BCUT2D eigenvalue weighted by atomic mass is 9.99. The number of hydrogen-bond donors (Lipinski definition) is 1. The number of nitrogens with zero attached hydrogens (tertiary/aromatic N) is 3. The summed E-state index contributed by atoms with van der Waals surface area (Å²) >= 11 is 1.33. The van der Waals surface area contributed by atoms with Gasteiger partial charge in [0.25, 0.3) is 11.1 Å². The number of rotatable bonds is 4. The second kappa shape index (κ2) is 7.15. The van der Waals surface area contributed by atoms with E-state index in [0.717, 1.165) is 42.4 Å². The first-order valence-corrected chi connectivity index (χ1v) is 9.85. The number of piperidine rings is 1. The van der Waals surface area contributed by atoms with Gasteiger partial charge in [0.2, 0.25) is 5.91 Å². The van der Waals surface area contributed by atoms with Gasteiger partial charge in [-0.1, -0.05) is 36.9 Å². The second-order valence-corrected chi connectivity index (χ2v) is 8.18. The molecule has 1 saturated heterocycles. The molecular formula is C19H22N4O2S. The first-order chi connectivity index (χ1) is 12.6. The Balaban J connectivity index is 1.45. The third kappa shape index (κ3) is 3.35. The van der Waals surface area contributed by atoms with Crippen molar-refractivity contribution < 1.29 is 9.21 Å². The van der Waals surface area contributed by atoms with E-state index in [9.17, 15) is 4.79 Å². The van der Waals surface area contributed by atoms with E-state index in [4.69, 9.17) is 4.42 Å². The number of carbonyl (C=O) groups is 1. The summed E-state index contributed by atoms with van der Waals surface area (Å²) in [6, 6.07) is 7.98. The lowest BCUT2D eigenvalue weighted by Gasteiger charge is -2.31. The van der Waals surface area contributed by atoms with Crippen molar-refractivity contribution >= 4 is 28.6 Å². The van der Waals surface area contributed by atoms with Crippen LogP contribution in [-0.2, 0) is 4.79 Å². The molecule has 1 amide bonds. The number of aromatic amines is 1. The molecule has 1 unspecified atom stereocenters. The minimum atomic E-state index is -0.236. The van der Waals surface area contributed by atoms with Gasteiger partial charge in [-0.3, -0.25) is 4.79 Å². The Morgan fingerprint density at radius 3 is 2.88 bits per heavy atom. The molecule has 136 valence electrons. The SMILES string of the molecule is CC1CCN(C(=O)C(C)Sc2nnc(-c3c[nH]c4ccccc34)o2)CC1. The molecule has 1 aliphatic rings. The number of H-pyrrole nitrogens is 1. The van der Waals surface area contributed by atoms with Crippen LogP contribution in [0.4, 0.5) is 0 Å². The van der Waals surface area contributed by atoms with Gasteiger partial charge in [0, 0.05) is 30.2 Å². The predicted octanol–water partition coefficient (Wildman–Crippen LogP) is 3.96. The molecule has 6 nitrogen and oxygen atoms in total. The Hall–Kier alpha value is -2.28. The Morgan fingerprint density at radius 2 is 2.08 bits per heavy atom. The summed E-state index contributed by atoms with van der Waals surface area (Å²) in [5.41, 5.74) is 1.90. The maximum absolute atomic E-state index is 12.6. The highest BCUT2D eigenvalue weighted by Gasteiger charge is 2.26. The number of hydrogen-bond acceptors (Lipinski definition) is 5. The first kappa shape index (κ1) is 17.1. The van der Waals surface area contributed by atoms with Gasteiger partial charge in [-0.05, 0) is 31.7 Å². The molecule has 0 radical (unpaired) electrons. The van der Waals surface area contributed by atoms with E-state index in [1.54, 1.807) is 0 Å². The standard InChI is InChI=1S/C19H22N4O2S/c1-12-7-9-23(10-8-12)18(24)13(2)26-19-22-21-17(25-19)15-11-20-16-6-4-3-5-14(15)16/h3-6,11-13,20H,7-10H2,1-2H3. The third-order valence-electron chi connectivity index (χ3n) is 4.95. The fraction of sp³-hybridized carbons (Fsp3) is 0.421. The fourth-order valence-electron chi connectivity index (χ4n) is 3.30. The van der Waals surface area contributed by atoms with E-state index >= 15 is 0 Å². The highest BCUT2D eigenvalue weighted by molar-refractivity contribution is 8.00. The van der Waals surface area contributed by atoms with Crippen LogP contribution in [-0.4, -0.2) is 44.3 Å². The zero-order valence-corrected chi connectivity index (χ0v) is 15.8. The van der Waals surface area contributed by atoms with Crippen LogP contribution in [0.25, 0.3) is 22.4 Å². The summed E-state index contributed by atoms with van der Waals surface area (Å²) in [4.78, 5) is 17.8. The number of nitrogens with one attached hydrogen (secondary N) is 1. The maximum Gasteiger partial charge on any atom is 0.277 e. The van der Waals surface area contributed by atoms with Gasteiger partial charge in [-0.15, -0.1) is 10.2 Å². The van der Waals surface area contributed by atoms with Gasteiger partial charge in [-0.25, -0.2) is 0 Å². The van der Waals surface area contributed by atoms with Crippen LogP contribution < -0.4 is 0 Å². The lowest BCUT2D eigenvalue weighted by Crippen LogP contribution is -2.41. The molecule has 1 aromatic carbocycles. The molecule has 0 saturated carbocycles. The zero-order chi connectivity index (χ0) is 18.1. The van der Waals surface area contributed by atoms with E-state index < -0.39 is 0 Å². The smallest absolute Gasteiger partial charge is 0.277 e. The Bertz CT molecular complexity index is 911. The van der Waals surface area contributed by atoms with Crippen LogP contribution in [0, 0.1) is 5.92 Å². The Labute approximate surface area is 156 Å². The summed E-state index contributed by atoms with van der Waals surface area (Å²) in [5, 5.41) is 9.51. The van der Waals surface area contributed by atoms with E-state index in [1.807, 2.05) is 42.3 Å². The van der Waals surface area contributed by atoms with Crippen LogP contribution in [0.2, 0.25) is 0 Å². The quantitative estimate of drug-likeness (QED) is 0.704. The van der Waals surface area contributed by atoms with Crippen LogP contribution in [0.3, 0.4) is 0 Å². The van der Waals surface area contributed by atoms with E-state index in [0.29, 0.717) is 17.0 Å². The maximum atomic E-state index is 12.6. The zero-order valence-electron chi connectivity index (χ0n) is 14.9. The summed E-state index contributed by atoms with van der Waals surface area (Å²) in [6.45, 7) is 5.83. The highest BCUT2D eigenvalue weighted by Crippen LogP contribution is 2.31. The van der Waals surface area contributed by atoms with Crippen molar-refractivity contribution in [3.63, 3.8) is 0 Å². The Morgan fingerprint density at radius 1 is 1.31 bits per heavy atom. The molecule has 26 heavy (non-hydrogen) atoms. The summed E-state index contributed by atoms with van der Waals surface area (Å²) in [6.07, 6.45) is 4.03. The number of likely N-dealkylation sites (tertiary alicyclic amines) is 1. The minimum Gasteiger partial charge on any atom is -0.411 e. The average molecular weight is 370 g/mol. The van der Waals surface area contributed by atoms with Gasteiger partial charge in [0.1, 0.15) is 0 Å². The summed E-state index contributed by atoms with van der Waals surface area (Å²) < 4.78 is 5.81. The van der Waals surface area contributed by atoms with Crippen molar-refractivity contribution in [3.8, 4) is 11.5 Å². The molecule has 0 aliphatic carbocycles.